The molecule has 1 atom stereocenters. The van der Waals surface area contributed by atoms with E-state index in [2.05, 4.69) is 10.00 Å². The van der Waals surface area contributed by atoms with Gasteiger partial charge in [-0.15, -0.1) is 11.8 Å². The van der Waals surface area contributed by atoms with Crippen LogP contribution in [-0.4, -0.2) is 53.4 Å². The minimum atomic E-state index is -4.68. The number of benzene rings is 1. The molecule has 0 aliphatic carbocycles. The highest BCUT2D eigenvalue weighted by atomic mass is 35.5. The zero-order valence-corrected chi connectivity index (χ0v) is 18.0. The lowest BCUT2D eigenvalue weighted by Gasteiger charge is -2.38. The van der Waals surface area contributed by atoms with Gasteiger partial charge in [-0.25, -0.2) is 4.68 Å². The molecule has 3 rings (SSSR count). The summed E-state index contributed by atoms with van der Waals surface area (Å²) in [7, 11) is 0. The summed E-state index contributed by atoms with van der Waals surface area (Å²) in [6, 6.07) is 5.78. The van der Waals surface area contributed by atoms with Crippen molar-refractivity contribution in [3.05, 3.63) is 39.6 Å². The molecule has 158 valence electrons. The SMILES string of the molecule is CSc1cc(N2CCN(C(C=O)n3nc(C(F)(F)F)c(Cl)c3C)CC2)ccc1Cl. The van der Waals surface area contributed by atoms with Crippen molar-refractivity contribution in [2.75, 3.05) is 37.3 Å². The van der Waals surface area contributed by atoms with Gasteiger partial charge in [0.1, 0.15) is 0 Å². The summed E-state index contributed by atoms with van der Waals surface area (Å²) in [4.78, 5) is 16.7. The zero-order valence-electron chi connectivity index (χ0n) is 15.7. The maximum Gasteiger partial charge on any atom is 0.436 e. The van der Waals surface area contributed by atoms with Gasteiger partial charge >= 0.3 is 6.18 Å². The number of carbonyl (C=O) groups is 1. The smallest absolute Gasteiger partial charge is 0.369 e. The molecule has 1 aliphatic heterocycles. The van der Waals surface area contributed by atoms with Crippen molar-refractivity contribution < 1.29 is 18.0 Å². The number of aldehydes is 1. The van der Waals surface area contributed by atoms with E-state index in [-0.39, 0.29) is 5.69 Å². The molecule has 0 bridgehead atoms. The van der Waals surface area contributed by atoms with Crippen molar-refractivity contribution >= 4 is 46.9 Å². The van der Waals surface area contributed by atoms with Crippen LogP contribution < -0.4 is 4.90 Å². The Morgan fingerprint density at radius 1 is 1.21 bits per heavy atom. The standard InChI is InChI=1S/C18H19Cl2F3N4OS/c1-11-16(20)17(18(21,22)23)24-27(11)15(10-28)26-7-5-25(6-8-26)12-3-4-13(19)14(9-12)29-2/h3-4,9-10,15H,5-8H2,1-2H3. The van der Waals surface area contributed by atoms with Crippen LogP contribution in [0.15, 0.2) is 23.1 Å². The van der Waals surface area contributed by atoms with Gasteiger partial charge in [0.25, 0.3) is 0 Å². The van der Waals surface area contributed by atoms with E-state index < -0.39 is 23.1 Å². The van der Waals surface area contributed by atoms with Gasteiger partial charge in [-0.3, -0.25) is 9.69 Å². The van der Waals surface area contributed by atoms with Gasteiger partial charge in [0.2, 0.25) is 0 Å². The summed E-state index contributed by atoms with van der Waals surface area (Å²) in [6.07, 6.45) is -3.08. The third-order valence-electron chi connectivity index (χ3n) is 4.91. The molecule has 1 aliphatic rings. The molecule has 0 amide bonds. The fourth-order valence-corrected chi connectivity index (χ4v) is 4.41. The average Bonchev–Trinajstić information content (AvgIpc) is 2.99. The third kappa shape index (κ3) is 4.52. The number of halogens is 5. The first kappa shape index (κ1) is 22.3. The van der Waals surface area contributed by atoms with Crippen LogP contribution in [0.1, 0.15) is 17.6 Å². The van der Waals surface area contributed by atoms with Crippen molar-refractivity contribution in [3.63, 3.8) is 0 Å². The maximum absolute atomic E-state index is 13.1. The second kappa shape index (κ2) is 8.75. The molecule has 2 aromatic rings. The largest absolute Gasteiger partial charge is 0.436 e. The Kier molecular flexibility index (Phi) is 6.72. The first-order valence-corrected chi connectivity index (χ1v) is 10.7. The van der Waals surface area contributed by atoms with Crippen LogP contribution in [0, 0.1) is 6.92 Å². The lowest BCUT2D eigenvalue weighted by molar-refractivity contribution is -0.142. The first-order valence-electron chi connectivity index (χ1n) is 8.77. The lowest BCUT2D eigenvalue weighted by atomic mass is 10.2. The van der Waals surface area contributed by atoms with Gasteiger partial charge < -0.3 is 4.90 Å². The van der Waals surface area contributed by atoms with E-state index in [1.54, 1.807) is 16.7 Å². The number of carbonyl (C=O) groups excluding carboxylic acids is 1. The van der Waals surface area contributed by atoms with Crippen LogP contribution in [0.5, 0.6) is 0 Å². The number of anilines is 1. The fraction of sp³-hybridized carbons (Fsp3) is 0.444. The van der Waals surface area contributed by atoms with E-state index in [4.69, 9.17) is 23.2 Å². The predicted molar refractivity (Wildman–Crippen MR) is 109 cm³/mol. The van der Waals surface area contributed by atoms with Crippen molar-refractivity contribution in [1.29, 1.82) is 0 Å². The van der Waals surface area contributed by atoms with E-state index in [9.17, 15) is 18.0 Å². The Morgan fingerprint density at radius 2 is 1.86 bits per heavy atom. The summed E-state index contributed by atoms with van der Waals surface area (Å²) in [5.74, 6) is 0. The Bertz CT molecular complexity index is 898. The molecule has 0 N–H and O–H groups in total. The zero-order chi connectivity index (χ0) is 21.3. The summed E-state index contributed by atoms with van der Waals surface area (Å²) in [5.41, 5.74) is -0.0486. The van der Waals surface area contributed by atoms with Gasteiger partial charge in [-0.1, -0.05) is 23.2 Å². The molecule has 1 aromatic carbocycles. The number of piperazine rings is 1. The molecule has 0 spiro atoms. The number of alkyl halides is 3. The molecule has 0 saturated carbocycles. The second-order valence-corrected chi connectivity index (χ2v) is 8.22. The number of hydrogen-bond donors (Lipinski definition) is 0. The highest BCUT2D eigenvalue weighted by Crippen LogP contribution is 2.36. The summed E-state index contributed by atoms with van der Waals surface area (Å²) in [6.45, 7) is 3.62. The molecule has 0 radical (unpaired) electrons. The van der Waals surface area contributed by atoms with E-state index in [1.165, 1.54) is 6.92 Å². The number of nitrogens with zero attached hydrogens (tertiary/aromatic N) is 4. The number of rotatable bonds is 5. The van der Waals surface area contributed by atoms with Gasteiger partial charge in [-0.2, -0.15) is 18.3 Å². The third-order valence-corrected chi connectivity index (χ3v) is 6.58. The topological polar surface area (TPSA) is 41.4 Å². The van der Waals surface area contributed by atoms with Crippen molar-refractivity contribution in [2.45, 2.75) is 24.2 Å². The van der Waals surface area contributed by atoms with E-state index in [0.29, 0.717) is 37.5 Å². The molecule has 1 saturated heterocycles. The first-order chi connectivity index (χ1) is 13.7. The predicted octanol–water partition coefficient (Wildman–Crippen LogP) is 4.76. The number of thioether (sulfide) groups is 1. The Hall–Kier alpha value is -1.42. The van der Waals surface area contributed by atoms with Crippen LogP contribution in [0.3, 0.4) is 0 Å². The maximum atomic E-state index is 13.1. The summed E-state index contributed by atoms with van der Waals surface area (Å²) in [5, 5.41) is 3.80. The quantitative estimate of drug-likeness (QED) is 0.469. The molecule has 5 nitrogen and oxygen atoms in total. The molecule has 2 heterocycles. The monoisotopic (exact) mass is 466 g/mol. The van der Waals surface area contributed by atoms with Gasteiger partial charge in [-0.05, 0) is 31.4 Å². The normalized spacial score (nSPS) is 16.9. The molecule has 1 aromatic heterocycles. The lowest BCUT2D eigenvalue weighted by Crippen LogP contribution is -2.49. The van der Waals surface area contributed by atoms with Crippen molar-refractivity contribution in [3.8, 4) is 0 Å². The molecule has 1 unspecified atom stereocenters. The van der Waals surface area contributed by atoms with Crippen LogP contribution >= 0.6 is 35.0 Å². The van der Waals surface area contributed by atoms with Gasteiger partial charge in [0.15, 0.2) is 18.1 Å². The van der Waals surface area contributed by atoms with Gasteiger partial charge in [0.05, 0.1) is 15.7 Å². The van der Waals surface area contributed by atoms with Crippen LogP contribution in [0.4, 0.5) is 18.9 Å². The highest BCUT2D eigenvalue weighted by Gasteiger charge is 2.39. The fourth-order valence-electron chi connectivity index (χ4n) is 3.33. The Morgan fingerprint density at radius 3 is 2.38 bits per heavy atom. The average molecular weight is 467 g/mol. The second-order valence-electron chi connectivity index (χ2n) is 6.58. The van der Waals surface area contributed by atoms with Crippen LogP contribution in [0.25, 0.3) is 0 Å². The Balaban J connectivity index is 1.77. The molecule has 29 heavy (non-hydrogen) atoms. The highest BCUT2D eigenvalue weighted by molar-refractivity contribution is 7.98. The number of hydrogen-bond acceptors (Lipinski definition) is 5. The molecular weight excluding hydrogens is 448 g/mol. The van der Waals surface area contributed by atoms with Crippen molar-refractivity contribution in [2.24, 2.45) is 0 Å². The minimum absolute atomic E-state index is 0.112. The van der Waals surface area contributed by atoms with Crippen molar-refractivity contribution in [1.82, 2.24) is 14.7 Å². The van der Waals surface area contributed by atoms with Crippen LogP contribution in [0.2, 0.25) is 10.0 Å². The molecule has 11 heteroatoms. The summed E-state index contributed by atoms with van der Waals surface area (Å²) < 4.78 is 40.4. The Labute approximate surface area is 180 Å². The van der Waals surface area contributed by atoms with E-state index in [0.717, 1.165) is 15.3 Å². The molecular formula is C18H19Cl2F3N4OS. The van der Waals surface area contributed by atoms with E-state index >= 15 is 0 Å². The summed E-state index contributed by atoms with van der Waals surface area (Å²) >= 11 is 13.5. The van der Waals surface area contributed by atoms with Crippen LogP contribution in [-0.2, 0) is 11.0 Å². The van der Waals surface area contributed by atoms with E-state index in [1.807, 2.05) is 24.5 Å². The number of aromatic nitrogens is 2. The van der Waals surface area contributed by atoms with Gasteiger partial charge in [0, 0.05) is 36.8 Å². The molecule has 1 fully saturated rings. The minimum Gasteiger partial charge on any atom is -0.369 e.